The van der Waals surface area contributed by atoms with E-state index < -0.39 is 23.4 Å². The normalized spacial score (nSPS) is 12.2. The van der Waals surface area contributed by atoms with E-state index in [-0.39, 0.29) is 22.8 Å². The molecule has 4 N–H and O–H groups in total. The number of aromatic nitrogens is 9. The minimum atomic E-state index is -0.729. The van der Waals surface area contributed by atoms with Gasteiger partial charge < -0.3 is 11.1 Å². The van der Waals surface area contributed by atoms with Crippen LogP contribution in [-0.4, -0.2) is 44.9 Å². The molecule has 0 bridgehead atoms. The lowest BCUT2D eigenvalue weighted by atomic mass is 10.1. The maximum Gasteiger partial charge on any atom is 0.264 e. The van der Waals surface area contributed by atoms with Crippen LogP contribution in [-0.2, 0) is 7.05 Å². The number of anilines is 2. The van der Waals surface area contributed by atoms with Crippen molar-refractivity contribution in [1.82, 2.24) is 44.9 Å². The molecule has 14 heteroatoms. The number of halogens is 2. The zero-order valence-corrected chi connectivity index (χ0v) is 17.9. The molecule has 0 aliphatic rings. The van der Waals surface area contributed by atoms with Crippen molar-refractivity contribution in [1.29, 1.82) is 0 Å². The third-order valence-corrected chi connectivity index (χ3v) is 5.18. The summed E-state index contributed by atoms with van der Waals surface area (Å²) in [4.78, 5) is 22.8. The minimum absolute atomic E-state index is 0.00956. The van der Waals surface area contributed by atoms with E-state index in [2.05, 4.69) is 40.9 Å². The third-order valence-electron chi connectivity index (χ3n) is 5.18. The second-order valence-corrected chi connectivity index (χ2v) is 7.47. The van der Waals surface area contributed by atoms with Gasteiger partial charge in [0.25, 0.3) is 5.56 Å². The topological polar surface area (TPSA) is 158 Å². The number of pyridine rings is 1. The van der Waals surface area contributed by atoms with Gasteiger partial charge in [-0.25, -0.2) is 14.4 Å². The Morgan fingerprint density at radius 3 is 2.71 bits per heavy atom. The zero-order valence-electron chi connectivity index (χ0n) is 17.9. The molecule has 172 valence electrons. The quantitative estimate of drug-likeness (QED) is 0.351. The van der Waals surface area contributed by atoms with Gasteiger partial charge in [-0.15, -0.1) is 10.2 Å². The van der Waals surface area contributed by atoms with E-state index in [1.165, 1.54) is 27.8 Å². The molecule has 5 aromatic rings. The largest absolute Gasteiger partial charge is 0.383 e. The summed E-state index contributed by atoms with van der Waals surface area (Å²) < 4.78 is 28.8. The molecule has 0 aliphatic carbocycles. The molecule has 1 unspecified atom stereocenters. The molecule has 1 aromatic carbocycles. The number of nitrogens with one attached hydrogen (secondary N) is 2. The Morgan fingerprint density at radius 1 is 1.18 bits per heavy atom. The summed E-state index contributed by atoms with van der Waals surface area (Å²) in [6, 6.07) is 6.04. The van der Waals surface area contributed by atoms with E-state index >= 15 is 0 Å². The van der Waals surface area contributed by atoms with Gasteiger partial charge in [0.05, 0.1) is 24.2 Å². The molecule has 12 nitrogen and oxygen atoms in total. The van der Waals surface area contributed by atoms with Crippen molar-refractivity contribution in [3.63, 3.8) is 0 Å². The van der Waals surface area contributed by atoms with Crippen LogP contribution in [0, 0.1) is 11.8 Å². The lowest BCUT2D eigenvalue weighted by Crippen LogP contribution is -2.26. The predicted octanol–water partition coefficient (Wildman–Crippen LogP) is 1.73. The van der Waals surface area contributed by atoms with Gasteiger partial charge in [-0.1, -0.05) is 6.07 Å². The predicted molar refractivity (Wildman–Crippen MR) is 118 cm³/mol. The minimum Gasteiger partial charge on any atom is -0.383 e. The summed E-state index contributed by atoms with van der Waals surface area (Å²) in [6.07, 6.45) is 1.27. The number of aryl methyl sites for hydroxylation is 1. The number of hydrogen-bond donors (Lipinski definition) is 3. The number of nitrogen functional groups attached to an aromatic ring is 1. The number of rotatable bonds is 5. The lowest BCUT2D eigenvalue weighted by Gasteiger charge is -2.21. The molecule has 4 heterocycles. The molecular formula is C20H17F2N11O. The van der Waals surface area contributed by atoms with Crippen molar-refractivity contribution >= 4 is 22.4 Å². The van der Waals surface area contributed by atoms with Crippen molar-refractivity contribution in [3.05, 3.63) is 64.5 Å². The van der Waals surface area contributed by atoms with Gasteiger partial charge >= 0.3 is 0 Å². The number of aromatic amines is 1. The van der Waals surface area contributed by atoms with E-state index in [1.807, 2.05) is 0 Å². The van der Waals surface area contributed by atoms with Crippen LogP contribution in [0.15, 0.2) is 41.5 Å². The summed E-state index contributed by atoms with van der Waals surface area (Å²) in [5.74, 6) is -0.669. The van der Waals surface area contributed by atoms with Gasteiger partial charge in [0.2, 0.25) is 11.8 Å². The zero-order chi connectivity index (χ0) is 24.0. The summed E-state index contributed by atoms with van der Waals surface area (Å²) in [6.45, 7) is 1.76. The highest BCUT2D eigenvalue weighted by Crippen LogP contribution is 2.31. The number of nitrogens with zero attached hydrogens (tertiary/aromatic N) is 8. The first-order chi connectivity index (χ1) is 16.3. The second kappa shape index (κ2) is 7.99. The van der Waals surface area contributed by atoms with Crippen molar-refractivity contribution in [3.8, 4) is 17.2 Å². The summed E-state index contributed by atoms with van der Waals surface area (Å²) in [7, 11) is 1.60. The van der Waals surface area contributed by atoms with Crippen LogP contribution >= 0.6 is 0 Å². The Morgan fingerprint density at radius 2 is 2.00 bits per heavy atom. The van der Waals surface area contributed by atoms with E-state index in [0.29, 0.717) is 22.5 Å². The lowest BCUT2D eigenvalue weighted by molar-refractivity contribution is 0.579. The van der Waals surface area contributed by atoms with Crippen LogP contribution in [0.2, 0.25) is 0 Å². The SMILES string of the molecule is CC(Nc1ncnc(N)c1-c1nnn(C)n1)c1cc2ccc(F)cc2c(=O)n1-c1cc(F)[nH]n1. The summed E-state index contributed by atoms with van der Waals surface area (Å²) in [5.41, 5.74) is 6.23. The number of tetrazole rings is 1. The Kier molecular flexibility index (Phi) is 4.96. The highest BCUT2D eigenvalue weighted by Gasteiger charge is 2.22. The van der Waals surface area contributed by atoms with Gasteiger partial charge in [-0.05, 0) is 35.7 Å². The molecular weight excluding hydrogens is 448 g/mol. The van der Waals surface area contributed by atoms with Gasteiger partial charge in [0.1, 0.15) is 29.3 Å². The van der Waals surface area contributed by atoms with Crippen LogP contribution in [0.4, 0.5) is 20.4 Å². The molecule has 0 radical (unpaired) electrons. The molecule has 0 saturated heterocycles. The van der Waals surface area contributed by atoms with E-state index in [4.69, 9.17) is 5.73 Å². The monoisotopic (exact) mass is 465 g/mol. The standard InChI is InChI=1S/C20H17F2N11O/c1-9(26-18-16(17(23)24-8-25-18)19-29-31-32(2)30-19)13-5-10-3-4-11(21)6-12(10)20(34)33(13)15-7-14(22)27-28-15/h3-9H,1-2H3,(H,27,28)(H3,23,24,25,26). The highest BCUT2D eigenvalue weighted by molar-refractivity contribution is 5.83. The molecule has 0 fully saturated rings. The highest BCUT2D eigenvalue weighted by atomic mass is 19.1. The number of fused-ring (bicyclic) bond motifs is 1. The first kappa shape index (κ1) is 21.1. The average Bonchev–Trinajstić information content (AvgIpc) is 3.42. The number of H-pyrrole nitrogens is 1. The summed E-state index contributed by atoms with van der Waals surface area (Å²) >= 11 is 0. The molecule has 0 aliphatic heterocycles. The van der Waals surface area contributed by atoms with Crippen LogP contribution in [0.1, 0.15) is 18.7 Å². The van der Waals surface area contributed by atoms with E-state index in [1.54, 1.807) is 20.0 Å². The molecule has 0 amide bonds. The van der Waals surface area contributed by atoms with Gasteiger partial charge in [-0.3, -0.25) is 14.5 Å². The Bertz CT molecular complexity index is 1590. The number of benzene rings is 1. The van der Waals surface area contributed by atoms with Gasteiger partial charge in [-0.2, -0.15) is 14.3 Å². The van der Waals surface area contributed by atoms with Crippen LogP contribution in [0.3, 0.4) is 0 Å². The first-order valence-electron chi connectivity index (χ1n) is 9.99. The molecule has 34 heavy (non-hydrogen) atoms. The maximum atomic E-state index is 13.9. The van der Waals surface area contributed by atoms with Crippen LogP contribution in [0.5, 0.6) is 0 Å². The Balaban J connectivity index is 1.66. The first-order valence-corrected chi connectivity index (χ1v) is 9.99. The fourth-order valence-electron chi connectivity index (χ4n) is 3.65. The Labute approximate surface area is 189 Å². The van der Waals surface area contributed by atoms with Crippen LogP contribution < -0.4 is 16.6 Å². The number of hydrogen-bond acceptors (Lipinski definition) is 9. The molecule has 1 atom stereocenters. The van der Waals surface area contributed by atoms with Crippen LogP contribution in [0.25, 0.3) is 28.0 Å². The number of nitrogens with two attached hydrogens (primary N) is 1. The molecule has 0 spiro atoms. The van der Waals surface area contributed by atoms with Gasteiger partial charge in [0.15, 0.2) is 5.82 Å². The molecule has 4 aromatic heterocycles. The molecule has 0 saturated carbocycles. The summed E-state index contributed by atoms with van der Waals surface area (Å²) in [5, 5.41) is 21.8. The maximum absolute atomic E-state index is 13.9. The Hall–Kier alpha value is -4.75. The molecule has 5 rings (SSSR count). The van der Waals surface area contributed by atoms with Crippen molar-refractivity contribution < 1.29 is 8.78 Å². The van der Waals surface area contributed by atoms with E-state index in [9.17, 15) is 13.6 Å². The van der Waals surface area contributed by atoms with Gasteiger partial charge in [0, 0.05) is 6.07 Å². The second-order valence-electron chi connectivity index (χ2n) is 7.47. The fourth-order valence-corrected chi connectivity index (χ4v) is 3.65. The average molecular weight is 465 g/mol. The smallest absolute Gasteiger partial charge is 0.264 e. The van der Waals surface area contributed by atoms with Crippen molar-refractivity contribution in [2.45, 2.75) is 13.0 Å². The van der Waals surface area contributed by atoms with E-state index in [0.717, 1.165) is 12.1 Å². The van der Waals surface area contributed by atoms with Crippen molar-refractivity contribution in [2.75, 3.05) is 11.1 Å². The van der Waals surface area contributed by atoms with Crippen molar-refractivity contribution in [2.24, 2.45) is 7.05 Å². The fraction of sp³-hybridized carbons (Fsp3) is 0.150. The third kappa shape index (κ3) is 3.60.